The predicted octanol–water partition coefficient (Wildman–Crippen LogP) is 2.42. The van der Waals surface area contributed by atoms with Crippen LogP contribution in [0.3, 0.4) is 0 Å². The molecule has 4 aromatic rings. The van der Waals surface area contributed by atoms with Crippen LogP contribution in [0.2, 0.25) is 0 Å². The van der Waals surface area contributed by atoms with E-state index in [0.29, 0.717) is 36.1 Å². The number of carbonyl (C=O) groups is 1. The maximum absolute atomic E-state index is 12.6. The van der Waals surface area contributed by atoms with Crippen molar-refractivity contribution in [3.63, 3.8) is 0 Å². The second-order valence-electron chi connectivity index (χ2n) is 9.61. The molecule has 6 rings (SSSR count). The molecule has 2 aliphatic rings. The Morgan fingerprint density at radius 2 is 1.75 bits per heavy atom. The average Bonchev–Trinajstić information content (AvgIpc) is 3.46. The number of hydrogen-bond acceptors (Lipinski definition) is 8. The third-order valence-corrected chi connectivity index (χ3v) is 7.05. The number of anilines is 2. The molecule has 0 atom stereocenters. The summed E-state index contributed by atoms with van der Waals surface area (Å²) in [6.45, 7) is 3.66. The lowest BCUT2D eigenvalue weighted by molar-refractivity contribution is -0.119. The highest BCUT2D eigenvalue weighted by molar-refractivity contribution is 5.84. The number of carbonyl (C=O) groups excluding carboxylic acids is 1. The van der Waals surface area contributed by atoms with Crippen LogP contribution in [0, 0.1) is 0 Å². The molecule has 0 amide bonds. The predicted molar refractivity (Wildman–Crippen MR) is 137 cm³/mol. The molecule has 1 fully saturated rings. The summed E-state index contributed by atoms with van der Waals surface area (Å²) in [4.78, 5) is 40.1. The van der Waals surface area contributed by atoms with Crippen LogP contribution in [0.5, 0.6) is 0 Å². The maximum atomic E-state index is 12.6. The van der Waals surface area contributed by atoms with Gasteiger partial charge in [0.05, 0.1) is 30.1 Å². The van der Waals surface area contributed by atoms with E-state index in [1.165, 1.54) is 11.1 Å². The first kappa shape index (κ1) is 22.5. The number of nitrogens with zero attached hydrogens (tertiary/aromatic N) is 4. The van der Waals surface area contributed by atoms with Gasteiger partial charge >= 0.3 is 5.76 Å². The molecule has 1 aliphatic heterocycles. The minimum Gasteiger partial charge on any atom is -0.408 e. The molecule has 0 radical (unpaired) electrons. The smallest absolute Gasteiger partial charge is 0.408 e. The zero-order chi connectivity index (χ0) is 24.5. The molecule has 1 saturated heterocycles. The standard InChI is InChI=1S/C27H28N6O3/c34-23(11-18-5-6-24-25(12-18)36-27(35)31-24)17-32-7-9-33(10-8-32)22-15-28-26(29-16-22)30-21-13-19-3-1-2-4-20(19)14-21/h1-6,12,15-16,21H,7-11,13-14,17H2,(H,31,35)(H,28,29,30). The summed E-state index contributed by atoms with van der Waals surface area (Å²) in [5.41, 5.74) is 5.78. The third-order valence-electron chi connectivity index (χ3n) is 7.05. The number of piperazine rings is 1. The summed E-state index contributed by atoms with van der Waals surface area (Å²) < 4.78 is 5.10. The van der Waals surface area contributed by atoms with Crippen molar-refractivity contribution < 1.29 is 9.21 Å². The minimum atomic E-state index is -0.484. The number of rotatable bonds is 7. The molecule has 9 nitrogen and oxygen atoms in total. The second-order valence-corrected chi connectivity index (χ2v) is 9.61. The molecule has 0 saturated carbocycles. The van der Waals surface area contributed by atoms with E-state index < -0.39 is 5.76 Å². The van der Waals surface area contributed by atoms with Crippen LogP contribution in [0.4, 0.5) is 11.6 Å². The summed E-state index contributed by atoms with van der Waals surface area (Å²) >= 11 is 0. The number of Topliss-reactive ketones (excluding diaryl/α,β-unsaturated/α-hetero) is 1. The van der Waals surface area contributed by atoms with Crippen molar-refractivity contribution in [2.75, 3.05) is 42.9 Å². The Morgan fingerprint density at radius 1 is 1.03 bits per heavy atom. The number of fused-ring (bicyclic) bond motifs is 2. The molecule has 1 aliphatic carbocycles. The van der Waals surface area contributed by atoms with Gasteiger partial charge in [-0.3, -0.25) is 14.7 Å². The van der Waals surface area contributed by atoms with Crippen LogP contribution in [0.1, 0.15) is 16.7 Å². The van der Waals surface area contributed by atoms with Crippen LogP contribution in [0.25, 0.3) is 11.1 Å². The lowest BCUT2D eigenvalue weighted by Crippen LogP contribution is -2.48. The van der Waals surface area contributed by atoms with E-state index in [1.807, 2.05) is 18.5 Å². The molecule has 2 aromatic carbocycles. The SMILES string of the molecule is O=C(Cc1ccc2[nH]c(=O)oc2c1)CN1CCN(c2cnc(NC3Cc4ccccc4C3)nc2)CC1. The molecular weight excluding hydrogens is 456 g/mol. The maximum Gasteiger partial charge on any atom is 0.417 e. The molecule has 36 heavy (non-hydrogen) atoms. The summed E-state index contributed by atoms with van der Waals surface area (Å²) in [6.07, 6.45) is 6.08. The van der Waals surface area contributed by atoms with Crippen LogP contribution in [0.15, 0.2) is 64.1 Å². The lowest BCUT2D eigenvalue weighted by atomic mass is 10.1. The summed E-state index contributed by atoms with van der Waals surface area (Å²) in [5.74, 6) is 0.328. The fourth-order valence-corrected chi connectivity index (χ4v) is 5.20. The van der Waals surface area contributed by atoms with Crippen molar-refractivity contribution in [2.45, 2.75) is 25.3 Å². The third kappa shape index (κ3) is 4.87. The Balaban J connectivity index is 0.977. The van der Waals surface area contributed by atoms with Gasteiger partial charge in [0.15, 0.2) is 11.4 Å². The number of H-pyrrole nitrogens is 1. The van der Waals surface area contributed by atoms with Gasteiger partial charge in [-0.1, -0.05) is 30.3 Å². The number of aromatic nitrogens is 3. The molecule has 2 N–H and O–H groups in total. The van der Waals surface area contributed by atoms with Gasteiger partial charge in [0.25, 0.3) is 0 Å². The van der Waals surface area contributed by atoms with Crippen LogP contribution in [-0.4, -0.2) is 64.4 Å². The van der Waals surface area contributed by atoms with Crippen LogP contribution >= 0.6 is 0 Å². The van der Waals surface area contributed by atoms with Crippen LogP contribution in [-0.2, 0) is 24.1 Å². The number of aromatic amines is 1. The van der Waals surface area contributed by atoms with Gasteiger partial charge in [-0.25, -0.2) is 14.8 Å². The molecule has 2 aromatic heterocycles. The van der Waals surface area contributed by atoms with Gasteiger partial charge in [-0.2, -0.15) is 0 Å². The quantitative estimate of drug-likeness (QED) is 0.412. The van der Waals surface area contributed by atoms with Gasteiger partial charge in [-0.05, 0) is 41.7 Å². The van der Waals surface area contributed by atoms with E-state index >= 15 is 0 Å². The summed E-state index contributed by atoms with van der Waals surface area (Å²) in [5, 5.41) is 3.47. The van der Waals surface area contributed by atoms with Crippen LogP contribution < -0.4 is 16.0 Å². The van der Waals surface area contributed by atoms with Crippen molar-refractivity contribution in [3.8, 4) is 0 Å². The second kappa shape index (κ2) is 9.58. The van der Waals surface area contributed by atoms with Gasteiger partial charge in [0.1, 0.15) is 0 Å². The normalized spacial score (nSPS) is 16.4. The topological polar surface area (TPSA) is 107 Å². The Kier molecular flexibility index (Phi) is 5.98. The molecule has 0 bridgehead atoms. The van der Waals surface area contributed by atoms with Crippen molar-refractivity contribution in [2.24, 2.45) is 0 Å². The zero-order valence-electron chi connectivity index (χ0n) is 19.9. The van der Waals surface area contributed by atoms with E-state index in [2.05, 4.69) is 54.3 Å². The highest BCUT2D eigenvalue weighted by Crippen LogP contribution is 2.24. The van der Waals surface area contributed by atoms with E-state index in [-0.39, 0.29) is 5.78 Å². The van der Waals surface area contributed by atoms with Crippen molar-refractivity contribution in [3.05, 3.63) is 82.1 Å². The van der Waals surface area contributed by atoms with Gasteiger partial charge in [0.2, 0.25) is 5.95 Å². The first-order valence-electron chi connectivity index (χ1n) is 12.4. The number of hydrogen-bond donors (Lipinski definition) is 2. The molecule has 0 unspecified atom stereocenters. The van der Waals surface area contributed by atoms with Crippen molar-refractivity contribution in [1.82, 2.24) is 19.9 Å². The van der Waals surface area contributed by atoms with Gasteiger partial charge < -0.3 is 14.6 Å². The summed E-state index contributed by atoms with van der Waals surface area (Å²) in [7, 11) is 0. The summed E-state index contributed by atoms with van der Waals surface area (Å²) in [6, 6.07) is 14.3. The highest BCUT2D eigenvalue weighted by atomic mass is 16.4. The van der Waals surface area contributed by atoms with Crippen molar-refractivity contribution >= 4 is 28.5 Å². The number of ketones is 1. The van der Waals surface area contributed by atoms with E-state index in [0.717, 1.165) is 50.3 Å². The van der Waals surface area contributed by atoms with E-state index in [9.17, 15) is 9.59 Å². The Labute approximate surface area is 208 Å². The van der Waals surface area contributed by atoms with E-state index in [4.69, 9.17) is 4.42 Å². The Bertz CT molecular complexity index is 1410. The fraction of sp³-hybridized carbons (Fsp3) is 0.333. The largest absolute Gasteiger partial charge is 0.417 e. The van der Waals surface area contributed by atoms with Crippen molar-refractivity contribution in [1.29, 1.82) is 0 Å². The molecular formula is C27H28N6O3. The van der Waals surface area contributed by atoms with E-state index in [1.54, 1.807) is 12.1 Å². The molecule has 3 heterocycles. The molecule has 184 valence electrons. The number of oxazole rings is 1. The molecule has 9 heteroatoms. The average molecular weight is 485 g/mol. The first-order valence-corrected chi connectivity index (χ1v) is 12.4. The number of benzene rings is 2. The fourth-order valence-electron chi connectivity index (χ4n) is 5.20. The monoisotopic (exact) mass is 484 g/mol. The zero-order valence-corrected chi connectivity index (χ0v) is 19.9. The highest BCUT2D eigenvalue weighted by Gasteiger charge is 2.22. The van der Waals surface area contributed by atoms with Gasteiger partial charge in [0, 0.05) is 38.6 Å². The minimum absolute atomic E-state index is 0.147. The Morgan fingerprint density at radius 3 is 2.47 bits per heavy atom. The molecule has 0 spiro atoms. The number of nitrogens with one attached hydrogen (secondary N) is 2. The Hall–Kier alpha value is -3.98. The first-order chi connectivity index (χ1) is 17.6. The van der Waals surface area contributed by atoms with Gasteiger partial charge in [-0.15, -0.1) is 0 Å². The lowest BCUT2D eigenvalue weighted by Gasteiger charge is -2.35.